The number of carbonyl (C=O) groups excluding carboxylic acids is 4. The Morgan fingerprint density at radius 2 is 0.603 bits per heavy atom. The van der Waals surface area contributed by atoms with Crippen molar-refractivity contribution in [1.29, 1.82) is 0 Å². The normalized spacial score (nSPS) is 21.7. The zero-order valence-corrected chi connectivity index (χ0v) is 36.6. The first kappa shape index (κ1) is 43.6. The van der Waals surface area contributed by atoms with Gasteiger partial charge in [0.25, 0.3) is 0 Å². The summed E-state index contributed by atoms with van der Waals surface area (Å²) in [4.78, 5) is 56.2. The van der Waals surface area contributed by atoms with Crippen molar-refractivity contribution in [2.75, 3.05) is 0 Å². The van der Waals surface area contributed by atoms with Crippen molar-refractivity contribution in [2.45, 2.75) is 169 Å². The third kappa shape index (κ3) is 8.11. The summed E-state index contributed by atoms with van der Waals surface area (Å²) < 4.78 is 0. The fourth-order valence-electron chi connectivity index (χ4n) is 12.0. The van der Waals surface area contributed by atoms with Gasteiger partial charge in [0.2, 0.25) is 0 Å². The van der Waals surface area contributed by atoms with Crippen molar-refractivity contribution in [2.24, 2.45) is 0 Å². The number of Topliss-reactive ketones (excluding diaryl/α,β-unsaturated/α-hetero) is 4. The predicted octanol–water partition coefficient (Wildman–Crippen LogP) is 9.95. The first-order valence-corrected chi connectivity index (χ1v) is 23.8. The maximum absolute atomic E-state index is 14.4. The Kier molecular flexibility index (Phi) is 11.8. The first-order chi connectivity index (χ1) is 30.3. The molecule has 0 aromatic heterocycles. The number of fused-ring (bicyclic) bond motifs is 3. The van der Waals surface area contributed by atoms with Crippen LogP contribution in [0.15, 0.2) is 84.9 Å². The fraction of sp³-hybridized carbons (Fsp3) is 0.491. The standard InChI is InChI=1S/C55H62O8/c56-47(52(60)25-5-1-6-26-52)39-17-13-37(14-18-39)35-51(36-38-15-19-40(20-16-38)48(57)53(61)27-7-2-8-28-53)45-33-41(49(58)54(62)29-9-3-10-30-54)21-23-43(45)44-24-22-42(34-46(44)51)50(59)55(63)31-11-4-12-32-55/h13-24,33-34,60-63H,1-12,25-32,35-36H2. The Morgan fingerprint density at radius 3 is 0.889 bits per heavy atom. The molecule has 63 heavy (non-hydrogen) atoms. The van der Waals surface area contributed by atoms with Gasteiger partial charge < -0.3 is 20.4 Å². The third-order valence-electron chi connectivity index (χ3n) is 15.7. The van der Waals surface area contributed by atoms with E-state index in [1.165, 1.54) is 0 Å². The second-order valence-corrected chi connectivity index (χ2v) is 20.0. The minimum absolute atomic E-state index is 0.264. The lowest BCUT2D eigenvalue weighted by molar-refractivity contribution is 0.0116. The van der Waals surface area contributed by atoms with Gasteiger partial charge in [-0.25, -0.2) is 0 Å². The Morgan fingerprint density at radius 1 is 0.349 bits per heavy atom. The van der Waals surface area contributed by atoms with E-state index in [0.29, 0.717) is 86.5 Å². The summed E-state index contributed by atoms with van der Waals surface area (Å²) in [5.74, 6) is -1.12. The average molecular weight is 851 g/mol. The van der Waals surface area contributed by atoms with Crippen molar-refractivity contribution in [3.8, 4) is 11.1 Å². The molecular formula is C55H62O8. The summed E-state index contributed by atoms with van der Waals surface area (Å²) in [6.45, 7) is 0. The Bertz CT molecular complexity index is 2210. The fourth-order valence-corrected chi connectivity index (χ4v) is 12.0. The molecule has 5 aliphatic carbocycles. The lowest BCUT2D eigenvalue weighted by Gasteiger charge is -2.35. The number of hydrogen-bond donors (Lipinski definition) is 4. The first-order valence-electron chi connectivity index (χ1n) is 23.8. The van der Waals surface area contributed by atoms with E-state index in [1.54, 1.807) is 24.3 Å². The quantitative estimate of drug-likeness (QED) is 0.103. The summed E-state index contributed by atoms with van der Waals surface area (Å²) >= 11 is 0. The molecule has 4 aromatic carbocycles. The van der Waals surface area contributed by atoms with Gasteiger partial charge in [0.15, 0.2) is 23.1 Å². The number of ketones is 4. The van der Waals surface area contributed by atoms with Crippen molar-refractivity contribution >= 4 is 23.1 Å². The molecule has 0 amide bonds. The zero-order chi connectivity index (χ0) is 44.0. The van der Waals surface area contributed by atoms with E-state index in [2.05, 4.69) is 0 Å². The van der Waals surface area contributed by atoms with Crippen LogP contribution in [-0.4, -0.2) is 66.0 Å². The van der Waals surface area contributed by atoms with Gasteiger partial charge in [-0.15, -0.1) is 0 Å². The third-order valence-corrected chi connectivity index (χ3v) is 15.7. The second kappa shape index (κ2) is 17.1. The van der Waals surface area contributed by atoms with E-state index < -0.39 is 27.8 Å². The summed E-state index contributed by atoms with van der Waals surface area (Å²) in [7, 11) is 0. The summed E-state index contributed by atoms with van der Waals surface area (Å²) in [6.07, 6.45) is 14.5. The number of benzene rings is 4. The molecule has 0 unspecified atom stereocenters. The van der Waals surface area contributed by atoms with E-state index in [4.69, 9.17) is 0 Å². The average Bonchev–Trinajstić information content (AvgIpc) is 3.56. The lowest BCUT2D eigenvalue weighted by atomic mass is 9.68. The highest BCUT2D eigenvalue weighted by atomic mass is 16.3. The molecule has 5 aliphatic rings. The summed E-state index contributed by atoms with van der Waals surface area (Å²) in [6, 6.07) is 26.3. The van der Waals surface area contributed by atoms with Gasteiger partial charge in [-0.2, -0.15) is 0 Å². The van der Waals surface area contributed by atoms with Gasteiger partial charge in [-0.3, -0.25) is 19.2 Å². The number of aliphatic hydroxyl groups is 4. The van der Waals surface area contributed by atoms with Crippen LogP contribution in [0.5, 0.6) is 0 Å². The van der Waals surface area contributed by atoms with Crippen LogP contribution in [0.25, 0.3) is 11.1 Å². The minimum Gasteiger partial charge on any atom is -0.382 e. The van der Waals surface area contributed by atoms with Crippen LogP contribution in [0.1, 0.15) is 192 Å². The van der Waals surface area contributed by atoms with E-state index in [1.807, 2.05) is 60.7 Å². The molecule has 0 radical (unpaired) electrons. The van der Waals surface area contributed by atoms with Gasteiger partial charge in [0.05, 0.1) is 0 Å². The molecule has 0 heterocycles. The van der Waals surface area contributed by atoms with Crippen LogP contribution < -0.4 is 0 Å². The largest absolute Gasteiger partial charge is 0.382 e. The van der Waals surface area contributed by atoms with Crippen LogP contribution >= 0.6 is 0 Å². The van der Waals surface area contributed by atoms with E-state index in [-0.39, 0.29) is 23.1 Å². The Hall–Kier alpha value is -4.60. The molecule has 8 heteroatoms. The molecule has 0 spiro atoms. The zero-order valence-electron chi connectivity index (χ0n) is 36.6. The van der Waals surface area contributed by atoms with Crippen LogP contribution in [-0.2, 0) is 18.3 Å². The molecule has 0 atom stereocenters. The molecule has 8 nitrogen and oxygen atoms in total. The SMILES string of the molecule is O=C(c1ccc(CC2(Cc3ccc(C(=O)C4(O)CCCCC4)cc3)c3cc(C(=O)C4(O)CCCCC4)ccc3-c3ccc(C(=O)C4(O)CCCCC4)cc32)cc1)C1(O)CCCCC1. The van der Waals surface area contributed by atoms with E-state index >= 15 is 0 Å². The van der Waals surface area contributed by atoms with Crippen molar-refractivity contribution in [1.82, 2.24) is 0 Å². The second-order valence-electron chi connectivity index (χ2n) is 20.0. The molecule has 9 rings (SSSR count). The Balaban J connectivity index is 1.18. The molecule has 4 fully saturated rings. The summed E-state index contributed by atoms with van der Waals surface area (Å²) in [5, 5.41) is 46.2. The van der Waals surface area contributed by atoms with Crippen LogP contribution in [0.4, 0.5) is 0 Å². The highest BCUT2D eigenvalue weighted by Gasteiger charge is 2.47. The number of rotatable bonds is 12. The van der Waals surface area contributed by atoms with Crippen LogP contribution in [0.2, 0.25) is 0 Å². The summed E-state index contributed by atoms with van der Waals surface area (Å²) in [5.41, 5.74) is 0.552. The predicted molar refractivity (Wildman–Crippen MR) is 242 cm³/mol. The van der Waals surface area contributed by atoms with E-state index in [9.17, 15) is 39.6 Å². The molecule has 0 bridgehead atoms. The smallest absolute Gasteiger partial charge is 0.194 e. The topological polar surface area (TPSA) is 149 Å². The highest BCUT2D eigenvalue weighted by Crippen LogP contribution is 2.54. The van der Waals surface area contributed by atoms with E-state index in [0.717, 1.165) is 110 Å². The van der Waals surface area contributed by atoms with Crippen LogP contribution in [0.3, 0.4) is 0 Å². The number of hydrogen-bond acceptors (Lipinski definition) is 8. The van der Waals surface area contributed by atoms with Crippen molar-refractivity contribution < 1.29 is 39.6 Å². The highest BCUT2D eigenvalue weighted by molar-refractivity contribution is 6.06. The maximum atomic E-state index is 14.4. The molecule has 4 N–H and O–H groups in total. The van der Waals surface area contributed by atoms with Gasteiger partial charge >= 0.3 is 0 Å². The van der Waals surface area contributed by atoms with Gasteiger partial charge in [0.1, 0.15) is 22.4 Å². The minimum atomic E-state index is -1.45. The molecule has 0 saturated heterocycles. The van der Waals surface area contributed by atoms with Crippen molar-refractivity contribution in [3.05, 3.63) is 129 Å². The molecule has 4 saturated carbocycles. The molecule has 4 aromatic rings. The van der Waals surface area contributed by atoms with Gasteiger partial charge in [0, 0.05) is 27.7 Å². The molecule has 330 valence electrons. The van der Waals surface area contributed by atoms with Crippen molar-refractivity contribution in [3.63, 3.8) is 0 Å². The molecule has 0 aliphatic heterocycles. The Labute approximate surface area is 371 Å². The number of carbonyl (C=O) groups is 4. The van der Waals surface area contributed by atoms with Crippen LogP contribution in [0, 0.1) is 0 Å². The van der Waals surface area contributed by atoms with Gasteiger partial charge in [-0.1, -0.05) is 150 Å². The monoisotopic (exact) mass is 850 g/mol. The molecular weight excluding hydrogens is 789 g/mol. The maximum Gasteiger partial charge on any atom is 0.194 e. The lowest BCUT2D eigenvalue weighted by Crippen LogP contribution is -2.41. The van der Waals surface area contributed by atoms with Gasteiger partial charge in [-0.05, 0) is 110 Å².